The molecule has 10 nitrogen and oxygen atoms in total. The third-order valence-corrected chi connectivity index (χ3v) is 11.3. The fraction of sp³-hybridized carbons (Fsp3) is 0.0909. The van der Waals surface area contributed by atoms with E-state index in [0.717, 1.165) is 4.90 Å². The number of esters is 1. The van der Waals surface area contributed by atoms with Crippen LogP contribution in [0.1, 0.15) is 5.56 Å². The van der Waals surface area contributed by atoms with Gasteiger partial charge in [0.2, 0.25) is 12.5 Å². The lowest BCUT2D eigenvalue weighted by Gasteiger charge is -2.47. The molecule has 4 aromatic rings. The highest BCUT2D eigenvalue weighted by atomic mass is 31.2. The first-order chi connectivity index (χ1) is 21.4. The number of β-lactam (4-membered cyclic amide) rings is 1. The van der Waals surface area contributed by atoms with E-state index < -0.39 is 43.1 Å². The molecule has 11 heteroatoms. The van der Waals surface area contributed by atoms with Gasteiger partial charge in [0.15, 0.2) is 6.04 Å². The molecule has 0 saturated carbocycles. The van der Waals surface area contributed by atoms with Crippen LogP contribution in [0, 0.1) is 0 Å². The lowest BCUT2D eigenvalue weighted by molar-refractivity contribution is -0.181. The number of alkyl carbamates (subject to hydrolysis) is 1. The fourth-order valence-electron chi connectivity index (χ4n) is 5.16. The van der Waals surface area contributed by atoms with Crippen molar-refractivity contribution in [2.75, 3.05) is 0 Å². The minimum atomic E-state index is -3.38. The van der Waals surface area contributed by atoms with Crippen molar-refractivity contribution < 1.29 is 38.6 Å². The molecule has 1 heterocycles. The summed E-state index contributed by atoms with van der Waals surface area (Å²) in [5, 5.41) is 15.1. The van der Waals surface area contributed by atoms with Crippen LogP contribution in [-0.2, 0) is 35.3 Å². The maximum Gasteiger partial charge on any atom is 0.408 e. The molecule has 0 unspecified atom stereocenters. The third kappa shape index (κ3) is 5.75. The lowest BCUT2D eigenvalue weighted by Crippen LogP contribution is -2.74. The molecule has 5 rings (SSSR count). The van der Waals surface area contributed by atoms with Crippen molar-refractivity contribution in [3.63, 3.8) is 0 Å². The number of carbonyl (C=O) groups excluding carboxylic acids is 4. The van der Waals surface area contributed by atoms with Crippen molar-refractivity contribution in [3.8, 4) is 0 Å². The SMILES string of the molecule is O=CC(=O)O[C@@H]1[C@H](NC(=O)OCc2ccccc2)C(=O)N1C(C(=O)O)=P(c1ccccc1)(c1ccccc1)c1ccccc1. The highest BCUT2D eigenvalue weighted by Gasteiger charge is 2.56. The second-order valence-corrected chi connectivity index (χ2v) is 13.0. The van der Waals surface area contributed by atoms with Gasteiger partial charge in [0.25, 0.3) is 5.91 Å². The van der Waals surface area contributed by atoms with Crippen molar-refractivity contribution in [2.24, 2.45) is 0 Å². The van der Waals surface area contributed by atoms with Gasteiger partial charge in [0.05, 0.1) is 0 Å². The van der Waals surface area contributed by atoms with E-state index >= 15 is 0 Å². The minimum absolute atomic E-state index is 0.0970. The smallest absolute Gasteiger partial charge is 0.408 e. The summed E-state index contributed by atoms with van der Waals surface area (Å²) in [5.41, 5.74) is 0.336. The Morgan fingerprint density at radius 2 is 1.23 bits per heavy atom. The Kier molecular flexibility index (Phi) is 9.02. The first kappa shape index (κ1) is 30.0. The zero-order valence-corrected chi connectivity index (χ0v) is 24.1. The van der Waals surface area contributed by atoms with Crippen LogP contribution in [-0.4, -0.2) is 57.9 Å². The molecule has 2 amide bonds. The molecule has 1 aliphatic rings. The fourth-order valence-corrected chi connectivity index (χ4v) is 9.47. The normalized spacial score (nSPS) is 15.8. The van der Waals surface area contributed by atoms with E-state index in [0.29, 0.717) is 21.5 Å². The number of nitrogens with zero attached hydrogens (tertiary/aromatic N) is 1. The molecular weight excluding hydrogens is 583 g/mol. The molecular formula is C33H27N2O8P. The monoisotopic (exact) mass is 610 g/mol. The quantitative estimate of drug-likeness (QED) is 0.0918. The number of rotatable bonds is 10. The number of likely N-dealkylation sites (tertiary alicyclic amines) is 1. The zero-order chi connectivity index (χ0) is 31.1. The first-order valence-electron chi connectivity index (χ1n) is 13.5. The predicted molar refractivity (Wildman–Crippen MR) is 164 cm³/mol. The van der Waals surface area contributed by atoms with Crippen LogP contribution in [0.3, 0.4) is 0 Å². The molecule has 1 aliphatic heterocycles. The van der Waals surface area contributed by atoms with Crippen LogP contribution >= 0.6 is 6.89 Å². The van der Waals surface area contributed by atoms with Crippen LogP contribution in [0.25, 0.3) is 0 Å². The predicted octanol–water partition coefficient (Wildman–Crippen LogP) is 2.40. The zero-order valence-electron chi connectivity index (χ0n) is 23.2. The summed E-state index contributed by atoms with van der Waals surface area (Å²) in [6.45, 7) is -3.49. The molecule has 2 N–H and O–H groups in total. The average molecular weight is 611 g/mol. The van der Waals surface area contributed by atoms with Gasteiger partial charge in [0, 0.05) is 6.89 Å². The lowest BCUT2D eigenvalue weighted by atomic mass is 10.0. The van der Waals surface area contributed by atoms with Crippen LogP contribution in [0.15, 0.2) is 121 Å². The molecule has 0 bridgehead atoms. The van der Waals surface area contributed by atoms with Gasteiger partial charge in [-0.05, 0) is 21.5 Å². The summed E-state index contributed by atoms with van der Waals surface area (Å²) in [6.07, 6.45) is -2.74. The topological polar surface area (TPSA) is 139 Å². The second kappa shape index (κ2) is 13.2. The van der Waals surface area contributed by atoms with E-state index in [9.17, 15) is 29.1 Å². The highest BCUT2D eigenvalue weighted by molar-refractivity contribution is 7.96. The Bertz CT molecular complexity index is 1630. The molecule has 0 spiro atoms. The summed E-state index contributed by atoms with van der Waals surface area (Å²) in [5.74, 6) is -3.64. The number of carboxylic acids is 1. The van der Waals surface area contributed by atoms with Crippen molar-refractivity contribution in [1.82, 2.24) is 10.2 Å². The third-order valence-electron chi connectivity index (χ3n) is 7.03. The van der Waals surface area contributed by atoms with Crippen molar-refractivity contribution in [2.45, 2.75) is 18.9 Å². The first-order valence-corrected chi connectivity index (χ1v) is 15.3. The summed E-state index contributed by atoms with van der Waals surface area (Å²) in [4.78, 5) is 64.4. The number of hydrogen-bond acceptors (Lipinski definition) is 7. The Hall–Kier alpha value is -5.47. The summed E-state index contributed by atoms with van der Waals surface area (Å²) in [6, 6.07) is 34.0. The minimum Gasteiger partial charge on any atom is -0.477 e. The largest absolute Gasteiger partial charge is 0.477 e. The number of aliphatic carboxylic acids is 1. The van der Waals surface area contributed by atoms with E-state index in [4.69, 9.17) is 9.47 Å². The van der Waals surface area contributed by atoms with E-state index in [1.807, 2.05) is 0 Å². The maximum atomic E-state index is 13.8. The Morgan fingerprint density at radius 1 is 0.773 bits per heavy atom. The highest BCUT2D eigenvalue weighted by Crippen LogP contribution is 2.48. The molecule has 1 saturated heterocycles. The number of aldehydes is 1. The van der Waals surface area contributed by atoms with Crippen LogP contribution in [0.2, 0.25) is 0 Å². The Morgan fingerprint density at radius 3 is 1.66 bits per heavy atom. The molecule has 0 aliphatic carbocycles. The van der Waals surface area contributed by atoms with Gasteiger partial charge in [-0.2, -0.15) is 0 Å². The molecule has 44 heavy (non-hydrogen) atoms. The molecule has 2 atom stereocenters. The molecule has 1 fully saturated rings. The van der Waals surface area contributed by atoms with Crippen molar-refractivity contribution >= 4 is 58.4 Å². The van der Waals surface area contributed by atoms with Gasteiger partial charge >= 0.3 is 18.0 Å². The average Bonchev–Trinajstić information content (AvgIpc) is 3.07. The number of hydrogen-bond donors (Lipinski definition) is 2. The van der Waals surface area contributed by atoms with E-state index in [1.165, 1.54) is 0 Å². The van der Waals surface area contributed by atoms with Crippen molar-refractivity contribution in [1.29, 1.82) is 0 Å². The van der Waals surface area contributed by atoms with Gasteiger partial charge in [-0.3, -0.25) is 14.5 Å². The van der Waals surface area contributed by atoms with E-state index in [2.05, 4.69) is 5.32 Å². The summed E-state index contributed by atoms with van der Waals surface area (Å²) in [7, 11) is 0. The number of carbonyl (C=O) groups is 5. The molecule has 4 aromatic carbocycles. The van der Waals surface area contributed by atoms with Gasteiger partial charge in [-0.25, -0.2) is 14.4 Å². The summed E-state index contributed by atoms with van der Waals surface area (Å²) < 4.78 is 10.5. The van der Waals surface area contributed by atoms with E-state index in [1.54, 1.807) is 121 Å². The number of benzene rings is 4. The Labute approximate surface area is 252 Å². The summed E-state index contributed by atoms with van der Waals surface area (Å²) >= 11 is 0. The number of nitrogens with one attached hydrogen (secondary N) is 1. The molecule has 0 radical (unpaired) electrons. The van der Waals surface area contributed by atoms with Crippen LogP contribution < -0.4 is 21.2 Å². The van der Waals surface area contributed by atoms with Crippen molar-refractivity contribution in [3.05, 3.63) is 127 Å². The maximum absolute atomic E-state index is 13.8. The van der Waals surface area contributed by atoms with Gasteiger partial charge in [-0.1, -0.05) is 121 Å². The van der Waals surface area contributed by atoms with Crippen LogP contribution in [0.5, 0.6) is 0 Å². The Balaban J connectivity index is 1.67. The second-order valence-electron chi connectivity index (χ2n) is 9.64. The number of carboxylic acid groups (broad SMARTS) is 1. The van der Waals surface area contributed by atoms with Gasteiger partial charge < -0.3 is 19.9 Å². The van der Waals surface area contributed by atoms with Gasteiger partial charge in [-0.15, -0.1) is 0 Å². The molecule has 0 aromatic heterocycles. The number of amides is 2. The van der Waals surface area contributed by atoms with Gasteiger partial charge in [0.1, 0.15) is 12.0 Å². The van der Waals surface area contributed by atoms with Crippen LogP contribution in [0.4, 0.5) is 4.79 Å². The number of ether oxygens (including phenoxy) is 2. The molecule has 222 valence electrons. The standard InChI is InChI=1S/C33H27N2O8P/c36-21-27(37)43-30-28(34-33(41)42-22-23-13-5-1-6-14-23)29(38)35(30)31(32(39)40)44(24-15-7-2-8-16-24,25-17-9-3-10-18-25)26-19-11-4-12-20-26/h1-21,28,30H,22H2,(H,34,41)(H,39,40)/t28-,30-/m1/s1. The van der Waals surface area contributed by atoms with E-state index in [-0.39, 0.29) is 18.3 Å².